The summed E-state index contributed by atoms with van der Waals surface area (Å²) >= 11 is 0. The molecule has 0 bridgehead atoms. The predicted octanol–water partition coefficient (Wildman–Crippen LogP) is 5.59. The van der Waals surface area contributed by atoms with Crippen LogP contribution in [0, 0.1) is 11.3 Å². The minimum absolute atomic E-state index is 0.0403. The number of benzene rings is 1. The highest BCUT2D eigenvalue weighted by Crippen LogP contribution is 2.46. The zero-order valence-electron chi connectivity index (χ0n) is 18.9. The predicted molar refractivity (Wildman–Crippen MR) is 116 cm³/mol. The molecule has 1 aromatic rings. The van der Waals surface area contributed by atoms with E-state index in [9.17, 15) is 0 Å². The van der Waals surface area contributed by atoms with E-state index in [-0.39, 0.29) is 5.60 Å². The van der Waals surface area contributed by atoms with E-state index in [1.807, 2.05) is 6.07 Å². The Morgan fingerprint density at radius 1 is 1.14 bits per heavy atom. The van der Waals surface area contributed by atoms with Gasteiger partial charge in [-0.15, -0.1) is 0 Å². The third-order valence-corrected chi connectivity index (χ3v) is 6.44. The Bertz CT molecular complexity index is 604. The second-order valence-electron chi connectivity index (χ2n) is 9.13. The molecule has 4 nitrogen and oxygen atoms in total. The highest BCUT2D eigenvalue weighted by molar-refractivity contribution is 5.42. The molecular weight excluding hydrogens is 350 g/mol. The van der Waals surface area contributed by atoms with Gasteiger partial charge in [-0.3, -0.25) is 0 Å². The van der Waals surface area contributed by atoms with Gasteiger partial charge in [0.15, 0.2) is 11.5 Å². The van der Waals surface area contributed by atoms with Gasteiger partial charge >= 0.3 is 0 Å². The first-order valence-corrected chi connectivity index (χ1v) is 10.9. The summed E-state index contributed by atoms with van der Waals surface area (Å²) in [6.45, 7) is 12.0. The molecular formula is C24H41NO3. The molecule has 2 unspecified atom stereocenters. The lowest BCUT2D eigenvalue weighted by atomic mass is 9.67. The first-order valence-electron chi connectivity index (χ1n) is 10.9. The van der Waals surface area contributed by atoms with Gasteiger partial charge in [0.2, 0.25) is 0 Å². The Labute approximate surface area is 172 Å². The lowest BCUT2D eigenvalue weighted by Crippen LogP contribution is -2.44. The maximum Gasteiger partial charge on any atom is 0.161 e. The van der Waals surface area contributed by atoms with E-state index in [1.54, 1.807) is 14.2 Å². The zero-order valence-corrected chi connectivity index (χ0v) is 18.9. The lowest BCUT2D eigenvalue weighted by Gasteiger charge is -2.47. The monoisotopic (exact) mass is 391 g/mol. The molecule has 28 heavy (non-hydrogen) atoms. The SMILES string of the molecule is CCC1(C)CC(CCNCc2ccc(OC)c(OC)c2)(CCC(C)C)CCO1. The number of hydrogen-bond donors (Lipinski definition) is 1. The van der Waals surface area contributed by atoms with Gasteiger partial charge in [0.25, 0.3) is 0 Å². The minimum atomic E-state index is 0.0403. The molecule has 1 aliphatic heterocycles. The molecule has 1 fully saturated rings. The van der Waals surface area contributed by atoms with Crippen LogP contribution in [-0.2, 0) is 11.3 Å². The molecule has 2 atom stereocenters. The van der Waals surface area contributed by atoms with Gasteiger partial charge in [0.05, 0.1) is 19.8 Å². The summed E-state index contributed by atoms with van der Waals surface area (Å²) in [7, 11) is 3.35. The van der Waals surface area contributed by atoms with Crippen LogP contribution < -0.4 is 14.8 Å². The molecule has 1 N–H and O–H groups in total. The Hall–Kier alpha value is -1.26. The second kappa shape index (κ2) is 10.5. The highest BCUT2D eigenvalue weighted by Gasteiger charge is 2.41. The van der Waals surface area contributed by atoms with Gasteiger partial charge in [-0.2, -0.15) is 0 Å². The molecule has 1 aliphatic rings. The lowest BCUT2D eigenvalue weighted by molar-refractivity contribution is -0.122. The zero-order chi connectivity index (χ0) is 20.6. The van der Waals surface area contributed by atoms with E-state index >= 15 is 0 Å². The minimum Gasteiger partial charge on any atom is -0.493 e. The quantitative estimate of drug-likeness (QED) is 0.500. The Morgan fingerprint density at radius 3 is 2.54 bits per heavy atom. The standard InChI is InChI=1S/C24H41NO3/c1-7-23(4)18-24(13-15-28-23,11-10-19(2)3)12-14-25-17-20-8-9-21(26-5)22(16-20)27-6/h8-9,16,19,25H,7,10-15,17-18H2,1-6H3. The van der Waals surface area contributed by atoms with E-state index in [0.717, 1.165) is 43.5 Å². The van der Waals surface area contributed by atoms with Crippen molar-refractivity contribution in [2.75, 3.05) is 27.4 Å². The summed E-state index contributed by atoms with van der Waals surface area (Å²) in [6.07, 6.45) is 7.28. The van der Waals surface area contributed by atoms with Crippen LogP contribution in [0.3, 0.4) is 0 Å². The normalized spacial score (nSPS) is 25.1. The van der Waals surface area contributed by atoms with Gasteiger partial charge in [-0.25, -0.2) is 0 Å². The third-order valence-electron chi connectivity index (χ3n) is 6.44. The number of ether oxygens (including phenoxy) is 3. The maximum absolute atomic E-state index is 6.15. The third kappa shape index (κ3) is 6.38. The molecule has 0 aromatic heterocycles. The van der Waals surface area contributed by atoms with Crippen molar-refractivity contribution in [1.29, 1.82) is 0 Å². The number of rotatable bonds is 11. The molecule has 1 saturated heterocycles. The first kappa shape index (κ1) is 23.0. The number of hydrogen-bond acceptors (Lipinski definition) is 4. The molecule has 0 aliphatic carbocycles. The van der Waals surface area contributed by atoms with Crippen LogP contribution in [0.5, 0.6) is 11.5 Å². The Morgan fingerprint density at radius 2 is 1.89 bits per heavy atom. The van der Waals surface area contributed by atoms with Crippen molar-refractivity contribution in [3.63, 3.8) is 0 Å². The average molecular weight is 392 g/mol. The molecule has 160 valence electrons. The Balaban J connectivity index is 1.94. The number of methoxy groups -OCH3 is 2. The molecule has 4 heteroatoms. The summed E-state index contributed by atoms with van der Waals surface area (Å²) in [4.78, 5) is 0. The average Bonchev–Trinajstić information content (AvgIpc) is 2.69. The van der Waals surface area contributed by atoms with Gasteiger partial charge in [-0.05, 0) is 74.6 Å². The van der Waals surface area contributed by atoms with Crippen LogP contribution in [0.2, 0.25) is 0 Å². The van der Waals surface area contributed by atoms with E-state index in [0.29, 0.717) is 5.41 Å². The smallest absolute Gasteiger partial charge is 0.161 e. The van der Waals surface area contributed by atoms with Crippen LogP contribution >= 0.6 is 0 Å². The van der Waals surface area contributed by atoms with E-state index in [4.69, 9.17) is 14.2 Å². The fraction of sp³-hybridized carbons (Fsp3) is 0.750. The van der Waals surface area contributed by atoms with E-state index in [1.165, 1.54) is 37.7 Å². The van der Waals surface area contributed by atoms with Crippen LogP contribution in [0.4, 0.5) is 0 Å². The van der Waals surface area contributed by atoms with Crippen LogP contribution in [0.15, 0.2) is 18.2 Å². The van der Waals surface area contributed by atoms with E-state index < -0.39 is 0 Å². The van der Waals surface area contributed by atoms with Crippen LogP contribution in [0.1, 0.15) is 71.8 Å². The maximum atomic E-state index is 6.15. The van der Waals surface area contributed by atoms with Crippen molar-refractivity contribution in [2.24, 2.45) is 11.3 Å². The van der Waals surface area contributed by atoms with Gasteiger partial charge < -0.3 is 19.5 Å². The largest absolute Gasteiger partial charge is 0.493 e. The van der Waals surface area contributed by atoms with Crippen molar-refractivity contribution in [3.8, 4) is 11.5 Å². The van der Waals surface area contributed by atoms with Crippen molar-refractivity contribution < 1.29 is 14.2 Å². The van der Waals surface area contributed by atoms with Crippen LogP contribution in [-0.4, -0.2) is 33.0 Å². The summed E-state index contributed by atoms with van der Waals surface area (Å²) < 4.78 is 16.9. The molecule has 0 saturated carbocycles. The molecule has 2 rings (SSSR count). The molecule has 1 heterocycles. The van der Waals surface area contributed by atoms with Crippen molar-refractivity contribution in [3.05, 3.63) is 23.8 Å². The molecule has 0 spiro atoms. The van der Waals surface area contributed by atoms with Crippen molar-refractivity contribution >= 4 is 0 Å². The highest BCUT2D eigenvalue weighted by atomic mass is 16.5. The van der Waals surface area contributed by atoms with Gasteiger partial charge in [0.1, 0.15) is 0 Å². The first-order chi connectivity index (χ1) is 13.4. The second-order valence-corrected chi connectivity index (χ2v) is 9.13. The van der Waals surface area contributed by atoms with Crippen molar-refractivity contribution in [2.45, 2.75) is 78.4 Å². The van der Waals surface area contributed by atoms with Crippen LogP contribution in [0.25, 0.3) is 0 Å². The Kier molecular flexibility index (Phi) is 8.63. The summed E-state index contributed by atoms with van der Waals surface area (Å²) in [5, 5.41) is 3.66. The number of nitrogens with one attached hydrogen (secondary N) is 1. The fourth-order valence-corrected chi connectivity index (χ4v) is 4.40. The van der Waals surface area contributed by atoms with Gasteiger partial charge in [0, 0.05) is 13.2 Å². The molecule has 1 aromatic carbocycles. The molecule has 0 radical (unpaired) electrons. The topological polar surface area (TPSA) is 39.7 Å². The van der Waals surface area contributed by atoms with Gasteiger partial charge in [-0.1, -0.05) is 33.3 Å². The molecule has 0 amide bonds. The summed E-state index contributed by atoms with van der Waals surface area (Å²) in [6, 6.07) is 6.14. The summed E-state index contributed by atoms with van der Waals surface area (Å²) in [5.41, 5.74) is 1.66. The summed E-state index contributed by atoms with van der Waals surface area (Å²) in [5.74, 6) is 2.32. The van der Waals surface area contributed by atoms with E-state index in [2.05, 4.69) is 45.1 Å². The fourth-order valence-electron chi connectivity index (χ4n) is 4.40. The van der Waals surface area contributed by atoms with Crippen molar-refractivity contribution in [1.82, 2.24) is 5.32 Å².